The molecule has 0 aliphatic carbocycles. The Morgan fingerprint density at radius 2 is 1.95 bits per heavy atom. The normalized spacial score (nSPS) is 11.6. The summed E-state index contributed by atoms with van der Waals surface area (Å²) in [6.07, 6.45) is 2.99. The number of rotatable bonds is 3. The molecule has 1 aromatic heterocycles. The van der Waals surface area contributed by atoms with Crippen LogP contribution in [-0.4, -0.2) is 21.0 Å². The van der Waals surface area contributed by atoms with Gasteiger partial charge in [0.05, 0.1) is 10.0 Å². The highest BCUT2D eigenvalue weighted by Gasteiger charge is 2.12. The summed E-state index contributed by atoms with van der Waals surface area (Å²) in [6.45, 7) is 0. The van der Waals surface area contributed by atoms with Crippen LogP contribution in [0.1, 0.15) is 5.69 Å². The van der Waals surface area contributed by atoms with Crippen LogP contribution < -0.4 is 5.73 Å². The van der Waals surface area contributed by atoms with Crippen molar-refractivity contribution in [1.82, 2.24) is 9.97 Å². The second kappa shape index (κ2) is 6.10. The Morgan fingerprint density at radius 3 is 2.63 bits per heavy atom. The zero-order chi connectivity index (χ0) is 13.8. The molecule has 0 saturated carbocycles. The van der Waals surface area contributed by atoms with E-state index >= 15 is 0 Å². The quantitative estimate of drug-likeness (QED) is 0.394. The summed E-state index contributed by atoms with van der Waals surface area (Å²) in [6, 6.07) is 5.19. The average Bonchev–Trinajstić information content (AvgIpc) is 2.43. The molecule has 0 aliphatic heterocycles. The van der Waals surface area contributed by atoms with Crippen LogP contribution in [0.5, 0.6) is 0 Å². The van der Waals surface area contributed by atoms with Crippen LogP contribution in [0.15, 0.2) is 45.7 Å². The van der Waals surface area contributed by atoms with E-state index in [0.717, 1.165) is 4.90 Å². The first-order valence-electron chi connectivity index (χ1n) is 5.03. The van der Waals surface area contributed by atoms with Crippen molar-refractivity contribution >= 4 is 40.8 Å². The highest BCUT2D eigenvalue weighted by Crippen LogP contribution is 2.32. The minimum absolute atomic E-state index is 0.101. The zero-order valence-electron chi connectivity index (χ0n) is 9.42. The molecule has 0 fully saturated rings. The van der Waals surface area contributed by atoms with Crippen LogP contribution in [0.25, 0.3) is 0 Å². The molecule has 1 heterocycles. The second-order valence-electron chi connectivity index (χ2n) is 3.37. The Kier molecular flexibility index (Phi) is 4.47. The maximum Gasteiger partial charge on any atom is 0.191 e. The van der Waals surface area contributed by atoms with Crippen molar-refractivity contribution in [3.05, 3.63) is 46.3 Å². The second-order valence-corrected chi connectivity index (χ2v) is 5.25. The highest BCUT2D eigenvalue weighted by atomic mass is 35.5. The van der Waals surface area contributed by atoms with E-state index in [0.29, 0.717) is 20.8 Å². The molecule has 0 unspecified atom stereocenters. The molecule has 0 radical (unpaired) electrons. The van der Waals surface area contributed by atoms with Gasteiger partial charge in [-0.2, -0.15) is 0 Å². The lowest BCUT2D eigenvalue weighted by atomic mass is 10.4. The number of nitrogens with two attached hydrogens (primary N) is 1. The Balaban J connectivity index is 2.35. The molecule has 8 heteroatoms. The minimum atomic E-state index is -0.101. The molecular weight excluding hydrogens is 307 g/mol. The Morgan fingerprint density at radius 1 is 1.21 bits per heavy atom. The van der Waals surface area contributed by atoms with E-state index < -0.39 is 0 Å². The maximum absolute atomic E-state index is 8.71. The van der Waals surface area contributed by atoms with Gasteiger partial charge in [-0.15, -0.1) is 0 Å². The highest BCUT2D eigenvalue weighted by molar-refractivity contribution is 7.99. The molecule has 98 valence electrons. The van der Waals surface area contributed by atoms with E-state index in [1.807, 2.05) is 0 Å². The number of oxime groups is 1. The van der Waals surface area contributed by atoms with Crippen molar-refractivity contribution in [3.8, 4) is 0 Å². The predicted octanol–water partition coefficient (Wildman–Crippen LogP) is 3.03. The molecule has 19 heavy (non-hydrogen) atoms. The molecule has 2 aromatic rings. The Bertz CT molecular complexity index is 636. The van der Waals surface area contributed by atoms with E-state index in [1.165, 1.54) is 24.2 Å². The van der Waals surface area contributed by atoms with Gasteiger partial charge in [-0.1, -0.05) is 40.1 Å². The number of benzene rings is 1. The van der Waals surface area contributed by atoms with E-state index in [2.05, 4.69) is 15.1 Å². The first-order valence-corrected chi connectivity index (χ1v) is 6.61. The van der Waals surface area contributed by atoms with Gasteiger partial charge in [0.1, 0.15) is 10.7 Å². The fourth-order valence-corrected chi connectivity index (χ4v) is 2.54. The molecule has 0 aliphatic rings. The van der Waals surface area contributed by atoms with Gasteiger partial charge in [-0.25, -0.2) is 9.97 Å². The Hall–Kier alpha value is -1.50. The van der Waals surface area contributed by atoms with Gasteiger partial charge >= 0.3 is 0 Å². The van der Waals surface area contributed by atoms with Crippen molar-refractivity contribution < 1.29 is 5.21 Å². The molecule has 3 N–H and O–H groups in total. The summed E-state index contributed by atoms with van der Waals surface area (Å²) in [5.74, 6) is -0.101. The molecule has 0 saturated heterocycles. The largest absolute Gasteiger partial charge is 0.409 e. The Labute approximate surface area is 123 Å². The molecule has 0 atom stereocenters. The molecule has 1 aromatic carbocycles. The molecule has 0 spiro atoms. The number of halogens is 2. The third kappa shape index (κ3) is 3.28. The van der Waals surface area contributed by atoms with Gasteiger partial charge in [0.15, 0.2) is 5.84 Å². The summed E-state index contributed by atoms with van der Waals surface area (Å²) >= 11 is 13.1. The van der Waals surface area contributed by atoms with E-state index in [-0.39, 0.29) is 5.84 Å². The summed E-state index contributed by atoms with van der Waals surface area (Å²) in [7, 11) is 0. The van der Waals surface area contributed by atoms with E-state index in [1.54, 1.807) is 18.2 Å². The van der Waals surface area contributed by atoms with Gasteiger partial charge in [-0.05, 0) is 18.2 Å². The average molecular weight is 315 g/mol. The van der Waals surface area contributed by atoms with Gasteiger partial charge < -0.3 is 10.9 Å². The first-order chi connectivity index (χ1) is 9.11. The van der Waals surface area contributed by atoms with Crippen molar-refractivity contribution in [2.75, 3.05) is 0 Å². The minimum Gasteiger partial charge on any atom is -0.409 e. The van der Waals surface area contributed by atoms with Crippen LogP contribution in [-0.2, 0) is 0 Å². The topological polar surface area (TPSA) is 84.4 Å². The van der Waals surface area contributed by atoms with Crippen molar-refractivity contribution in [2.45, 2.75) is 9.92 Å². The fraction of sp³-hybridized carbons (Fsp3) is 0. The van der Waals surface area contributed by atoms with Crippen LogP contribution in [0.2, 0.25) is 10.0 Å². The van der Waals surface area contributed by atoms with Crippen LogP contribution >= 0.6 is 35.0 Å². The van der Waals surface area contributed by atoms with E-state index in [4.69, 9.17) is 34.1 Å². The standard InChI is InChI=1S/C11H8Cl2N4OS/c12-7-2-1-6(5-8(7)13)19-11-9(10(14)17-18)15-3-4-16-11/h1-5,18H,(H2,14,17). The van der Waals surface area contributed by atoms with Crippen LogP contribution in [0.4, 0.5) is 0 Å². The van der Waals surface area contributed by atoms with Crippen LogP contribution in [0.3, 0.4) is 0 Å². The maximum atomic E-state index is 8.71. The number of amidine groups is 1. The summed E-state index contributed by atoms with van der Waals surface area (Å²) < 4.78 is 0. The van der Waals surface area contributed by atoms with Gasteiger partial charge in [-0.3, -0.25) is 0 Å². The lowest BCUT2D eigenvalue weighted by Crippen LogP contribution is -2.16. The summed E-state index contributed by atoms with van der Waals surface area (Å²) in [5, 5.41) is 13.1. The lowest BCUT2D eigenvalue weighted by Gasteiger charge is -2.06. The predicted molar refractivity (Wildman–Crippen MR) is 75.1 cm³/mol. The molecule has 5 nitrogen and oxygen atoms in total. The van der Waals surface area contributed by atoms with E-state index in [9.17, 15) is 0 Å². The summed E-state index contributed by atoms with van der Waals surface area (Å²) in [4.78, 5) is 9.00. The molecule has 2 rings (SSSR count). The fourth-order valence-electron chi connectivity index (χ4n) is 1.27. The van der Waals surface area contributed by atoms with Crippen LogP contribution in [0, 0.1) is 0 Å². The summed E-state index contributed by atoms with van der Waals surface area (Å²) in [5.41, 5.74) is 5.85. The van der Waals surface area contributed by atoms with Gasteiger partial charge in [0, 0.05) is 17.3 Å². The molecular formula is C11H8Cl2N4OS. The molecule has 0 bridgehead atoms. The third-order valence-corrected chi connectivity index (χ3v) is 3.84. The number of aromatic nitrogens is 2. The number of hydrogen-bond donors (Lipinski definition) is 2. The third-order valence-electron chi connectivity index (χ3n) is 2.12. The van der Waals surface area contributed by atoms with Crippen molar-refractivity contribution in [2.24, 2.45) is 10.9 Å². The SMILES string of the molecule is NC(=NO)c1nccnc1Sc1ccc(Cl)c(Cl)c1. The first kappa shape index (κ1) is 13.9. The van der Waals surface area contributed by atoms with Gasteiger partial charge in [0.25, 0.3) is 0 Å². The monoisotopic (exact) mass is 314 g/mol. The molecule has 0 amide bonds. The number of hydrogen-bond acceptors (Lipinski definition) is 5. The van der Waals surface area contributed by atoms with Crippen molar-refractivity contribution in [1.29, 1.82) is 0 Å². The smallest absolute Gasteiger partial charge is 0.191 e. The van der Waals surface area contributed by atoms with Crippen molar-refractivity contribution in [3.63, 3.8) is 0 Å². The zero-order valence-corrected chi connectivity index (χ0v) is 11.7. The number of nitrogens with zero attached hydrogens (tertiary/aromatic N) is 3. The lowest BCUT2D eigenvalue weighted by molar-refractivity contribution is 0.318. The van der Waals surface area contributed by atoms with Gasteiger partial charge in [0.2, 0.25) is 0 Å².